The molecule has 0 bridgehead atoms. The van der Waals surface area contributed by atoms with Gasteiger partial charge in [-0.25, -0.2) is 0 Å². The van der Waals surface area contributed by atoms with Gasteiger partial charge < -0.3 is 15.9 Å². The van der Waals surface area contributed by atoms with Gasteiger partial charge in [-0.2, -0.15) is 4.89 Å². The number of nitrogens with one attached hydrogen (secondary N) is 1. The van der Waals surface area contributed by atoms with Gasteiger partial charge >= 0.3 is 0 Å². The van der Waals surface area contributed by atoms with Crippen LogP contribution < -0.4 is 15.9 Å². The number of nitrogens with zero attached hydrogens (tertiary/aromatic N) is 1. The van der Waals surface area contributed by atoms with Crippen molar-refractivity contribution < 1.29 is 19.5 Å². The second-order valence-corrected chi connectivity index (χ2v) is 4.32. The van der Waals surface area contributed by atoms with Crippen molar-refractivity contribution in [2.75, 3.05) is 18.5 Å². The quantitative estimate of drug-likeness (QED) is 0.312. The number of nitro benzene ring substituents is 1. The smallest absolute Gasteiger partial charge is 0.297 e. The molecule has 8 heteroatoms. The maximum absolute atomic E-state index is 11.3. The fourth-order valence-corrected chi connectivity index (χ4v) is 1.57. The van der Waals surface area contributed by atoms with Crippen LogP contribution in [0.1, 0.15) is 37.0 Å². The fraction of sp³-hybridized carbons (Fsp3) is 0.462. The minimum Gasteiger partial charge on any atom is -0.376 e. The standard InChI is InChI=1S/C13H19N3O5/c1-3-5-15-12-10(16(18)19)7-9(13(14)17)8-11(12)21-20-6-4-2/h7-8,15H,3-6H2,1-2H3,(H2,14,17). The summed E-state index contributed by atoms with van der Waals surface area (Å²) in [6.45, 7) is 4.65. The van der Waals surface area contributed by atoms with E-state index in [2.05, 4.69) is 5.32 Å². The van der Waals surface area contributed by atoms with Crippen molar-refractivity contribution in [2.24, 2.45) is 5.73 Å². The summed E-state index contributed by atoms with van der Waals surface area (Å²) in [5, 5.41) is 14.1. The Morgan fingerprint density at radius 1 is 1.38 bits per heavy atom. The van der Waals surface area contributed by atoms with Crippen molar-refractivity contribution in [3.63, 3.8) is 0 Å². The topological polar surface area (TPSA) is 117 Å². The molecule has 0 aliphatic heterocycles. The van der Waals surface area contributed by atoms with E-state index in [0.717, 1.165) is 18.9 Å². The molecule has 0 saturated carbocycles. The van der Waals surface area contributed by atoms with E-state index in [-0.39, 0.29) is 22.7 Å². The van der Waals surface area contributed by atoms with Gasteiger partial charge in [0.15, 0.2) is 11.4 Å². The lowest BCUT2D eigenvalue weighted by atomic mass is 10.1. The lowest BCUT2D eigenvalue weighted by Crippen LogP contribution is -2.14. The van der Waals surface area contributed by atoms with Crippen molar-refractivity contribution in [3.8, 4) is 5.75 Å². The first-order chi connectivity index (χ1) is 10.0. The molecule has 3 N–H and O–H groups in total. The summed E-state index contributed by atoms with van der Waals surface area (Å²) in [4.78, 5) is 31.9. The van der Waals surface area contributed by atoms with Gasteiger partial charge in [-0.15, -0.1) is 0 Å². The molecule has 1 rings (SSSR count). The third-order valence-corrected chi connectivity index (χ3v) is 2.55. The number of primary amides is 1. The molecule has 0 radical (unpaired) electrons. The molecule has 116 valence electrons. The molecule has 0 fully saturated rings. The number of benzene rings is 1. The highest BCUT2D eigenvalue weighted by Crippen LogP contribution is 2.36. The number of carbonyl (C=O) groups is 1. The van der Waals surface area contributed by atoms with E-state index in [1.165, 1.54) is 6.07 Å². The highest BCUT2D eigenvalue weighted by molar-refractivity contribution is 5.95. The van der Waals surface area contributed by atoms with Crippen LogP contribution in [0.25, 0.3) is 0 Å². The van der Waals surface area contributed by atoms with E-state index in [9.17, 15) is 14.9 Å². The Balaban J connectivity index is 3.24. The van der Waals surface area contributed by atoms with Gasteiger partial charge in [0.05, 0.1) is 11.5 Å². The van der Waals surface area contributed by atoms with Crippen LogP contribution in [0.2, 0.25) is 0 Å². The van der Waals surface area contributed by atoms with Crippen LogP contribution in [0.4, 0.5) is 11.4 Å². The average molecular weight is 297 g/mol. The number of nitro groups is 1. The average Bonchev–Trinajstić information content (AvgIpc) is 2.45. The van der Waals surface area contributed by atoms with Gasteiger partial charge in [-0.1, -0.05) is 13.8 Å². The Bertz CT molecular complexity index is 519. The van der Waals surface area contributed by atoms with Gasteiger partial charge in [0.1, 0.15) is 0 Å². The molecule has 0 aliphatic rings. The number of nitrogens with two attached hydrogens (primary N) is 1. The second-order valence-electron chi connectivity index (χ2n) is 4.32. The van der Waals surface area contributed by atoms with Crippen LogP contribution in [0.3, 0.4) is 0 Å². The van der Waals surface area contributed by atoms with E-state index in [0.29, 0.717) is 13.2 Å². The molecule has 1 aromatic rings. The Hall–Kier alpha value is -2.35. The van der Waals surface area contributed by atoms with Crippen molar-refractivity contribution in [3.05, 3.63) is 27.8 Å². The summed E-state index contributed by atoms with van der Waals surface area (Å²) >= 11 is 0. The van der Waals surface area contributed by atoms with Gasteiger partial charge in [0.25, 0.3) is 5.69 Å². The van der Waals surface area contributed by atoms with Crippen molar-refractivity contribution in [2.45, 2.75) is 26.7 Å². The Morgan fingerprint density at radius 2 is 2.10 bits per heavy atom. The maximum Gasteiger partial charge on any atom is 0.297 e. The molecule has 21 heavy (non-hydrogen) atoms. The number of anilines is 1. The molecule has 0 unspecified atom stereocenters. The van der Waals surface area contributed by atoms with Gasteiger partial charge in [-0.05, 0) is 18.9 Å². The normalized spacial score (nSPS) is 10.2. The van der Waals surface area contributed by atoms with Crippen molar-refractivity contribution in [1.82, 2.24) is 0 Å². The van der Waals surface area contributed by atoms with Crippen molar-refractivity contribution >= 4 is 17.3 Å². The predicted molar refractivity (Wildman–Crippen MR) is 77.3 cm³/mol. The number of hydrogen-bond acceptors (Lipinski definition) is 6. The Morgan fingerprint density at radius 3 is 2.62 bits per heavy atom. The van der Waals surface area contributed by atoms with E-state index < -0.39 is 10.8 Å². The lowest BCUT2D eigenvalue weighted by Gasteiger charge is -2.12. The molecule has 0 aliphatic carbocycles. The maximum atomic E-state index is 11.3. The molecule has 0 heterocycles. The number of rotatable bonds is 9. The zero-order valence-electron chi connectivity index (χ0n) is 12.0. The lowest BCUT2D eigenvalue weighted by molar-refractivity contribution is -0.384. The van der Waals surface area contributed by atoms with Crippen molar-refractivity contribution in [1.29, 1.82) is 0 Å². The molecular formula is C13H19N3O5. The van der Waals surface area contributed by atoms with Crippen LogP contribution in [-0.4, -0.2) is 24.0 Å². The van der Waals surface area contributed by atoms with E-state index in [1.54, 1.807) is 0 Å². The molecule has 0 atom stereocenters. The third kappa shape index (κ3) is 4.60. The van der Waals surface area contributed by atoms with Crippen LogP contribution >= 0.6 is 0 Å². The summed E-state index contributed by atoms with van der Waals surface area (Å²) in [7, 11) is 0. The first-order valence-corrected chi connectivity index (χ1v) is 6.66. The Labute approximate surface area is 122 Å². The Kier molecular flexibility index (Phi) is 6.41. The van der Waals surface area contributed by atoms with E-state index in [1.807, 2.05) is 13.8 Å². The van der Waals surface area contributed by atoms with Gasteiger partial charge in [0.2, 0.25) is 5.91 Å². The summed E-state index contributed by atoms with van der Waals surface area (Å²) in [6.07, 6.45) is 1.49. The molecule has 0 aromatic heterocycles. The van der Waals surface area contributed by atoms with Crippen LogP contribution in [0, 0.1) is 10.1 Å². The third-order valence-electron chi connectivity index (χ3n) is 2.55. The first kappa shape index (κ1) is 16.7. The summed E-state index contributed by atoms with van der Waals surface area (Å²) in [6, 6.07) is 2.44. The highest BCUT2D eigenvalue weighted by atomic mass is 17.2. The highest BCUT2D eigenvalue weighted by Gasteiger charge is 2.23. The predicted octanol–water partition coefficient (Wildman–Crippen LogP) is 2.24. The zero-order chi connectivity index (χ0) is 15.8. The first-order valence-electron chi connectivity index (χ1n) is 6.66. The summed E-state index contributed by atoms with van der Waals surface area (Å²) in [5.74, 6) is -0.708. The van der Waals surface area contributed by atoms with E-state index in [4.69, 9.17) is 15.5 Å². The van der Waals surface area contributed by atoms with E-state index >= 15 is 0 Å². The molecule has 1 aromatic carbocycles. The van der Waals surface area contributed by atoms with Crippen LogP contribution in [-0.2, 0) is 4.89 Å². The monoisotopic (exact) mass is 297 g/mol. The number of amides is 1. The van der Waals surface area contributed by atoms with Crippen LogP contribution in [0.5, 0.6) is 5.75 Å². The zero-order valence-corrected chi connectivity index (χ0v) is 12.0. The van der Waals surface area contributed by atoms with Gasteiger partial charge in [0, 0.05) is 18.2 Å². The molecule has 8 nitrogen and oxygen atoms in total. The second kappa shape index (κ2) is 8.05. The summed E-state index contributed by atoms with van der Waals surface area (Å²) < 4.78 is 0. The fourth-order valence-electron chi connectivity index (χ4n) is 1.57. The number of carbonyl (C=O) groups excluding carboxylic acids is 1. The molecular weight excluding hydrogens is 278 g/mol. The molecule has 1 amide bonds. The number of hydrogen-bond donors (Lipinski definition) is 2. The van der Waals surface area contributed by atoms with Gasteiger partial charge in [-0.3, -0.25) is 14.9 Å². The molecule has 0 saturated heterocycles. The summed E-state index contributed by atoms with van der Waals surface area (Å²) in [5.41, 5.74) is 5.05. The minimum absolute atomic E-state index is 0.0150. The SMILES string of the molecule is CCCNc1c(OOCCC)cc(C(N)=O)cc1[N+](=O)[O-]. The van der Waals surface area contributed by atoms with Crippen LogP contribution in [0.15, 0.2) is 12.1 Å². The minimum atomic E-state index is -0.777. The molecule has 0 spiro atoms. The largest absolute Gasteiger partial charge is 0.376 e.